The second-order valence-corrected chi connectivity index (χ2v) is 6.15. The van der Waals surface area contributed by atoms with Gasteiger partial charge in [-0.2, -0.15) is 5.10 Å². The molecule has 0 aliphatic heterocycles. The Hall–Kier alpha value is -1.68. The monoisotopic (exact) mass is 327 g/mol. The molecule has 20 heavy (non-hydrogen) atoms. The number of fused-ring (bicyclic) bond motifs is 3. The molecule has 2 heterocycles. The van der Waals surface area contributed by atoms with Gasteiger partial charge in [0.25, 0.3) is 0 Å². The van der Waals surface area contributed by atoms with Crippen molar-refractivity contribution >= 4 is 21.6 Å². The second kappa shape index (κ2) is 4.70. The molecule has 0 spiro atoms. The molecular weight excluding hydrogens is 314 g/mol. The third kappa shape index (κ3) is 1.86. The molecule has 1 aliphatic carbocycles. The van der Waals surface area contributed by atoms with Crippen LogP contribution in [0.1, 0.15) is 24.1 Å². The lowest BCUT2D eigenvalue weighted by Gasteiger charge is -2.15. The summed E-state index contributed by atoms with van der Waals surface area (Å²) in [4.78, 5) is 4.64. The van der Waals surface area contributed by atoms with Gasteiger partial charge in [0.05, 0.1) is 6.20 Å². The van der Waals surface area contributed by atoms with Gasteiger partial charge in [0.2, 0.25) is 0 Å². The molecule has 4 rings (SSSR count). The van der Waals surface area contributed by atoms with Gasteiger partial charge in [-0.1, -0.05) is 28.1 Å². The van der Waals surface area contributed by atoms with E-state index < -0.39 is 0 Å². The van der Waals surface area contributed by atoms with Crippen molar-refractivity contribution in [3.63, 3.8) is 0 Å². The van der Waals surface area contributed by atoms with E-state index in [1.54, 1.807) is 0 Å². The number of aromatic nitrogens is 3. The number of hydrogen-bond acceptors (Lipinski definition) is 2. The van der Waals surface area contributed by atoms with E-state index in [-0.39, 0.29) is 0 Å². The van der Waals surface area contributed by atoms with Crippen LogP contribution >= 0.6 is 15.9 Å². The Bertz CT molecular complexity index is 774. The average molecular weight is 328 g/mol. The Morgan fingerprint density at radius 3 is 2.65 bits per heavy atom. The van der Waals surface area contributed by atoms with Crippen LogP contribution < -0.4 is 0 Å². The van der Waals surface area contributed by atoms with Gasteiger partial charge in [-0.25, -0.2) is 9.50 Å². The SMILES string of the molecule is Brc1ccc(-c2cnn3c4c(cnc23)CCCC4)cc1. The van der Waals surface area contributed by atoms with Gasteiger partial charge < -0.3 is 0 Å². The quantitative estimate of drug-likeness (QED) is 0.675. The molecule has 0 radical (unpaired) electrons. The van der Waals surface area contributed by atoms with Crippen LogP contribution in [0.3, 0.4) is 0 Å². The van der Waals surface area contributed by atoms with Crippen molar-refractivity contribution < 1.29 is 0 Å². The van der Waals surface area contributed by atoms with E-state index in [9.17, 15) is 0 Å². The minimum atomic E-state index is 0.966. The van der Waals surface area contributed by atoms with Crippen molar-refractivity contribution in [2.45, 2.75) is 25.7 Å². The minimum Gasteiger partial charge on any atom is -0.236 e. The first-order chi connectivity index (χ1) is 9.83. The molecule has 2 aromatic heterocycles. The number of halogens is 1. The second-order valence-electron chi connectivity index (χ2n) is 5.24. The molecule has 0 atom stereocenters. The first-order valence-electron chi connectivity index (χ1n) is 6.93. The summed E-state index contributed by atoms with van der Waals surface area (Å²) in [7, 11) is 0. The molecule has 1 aromatic carbocycles. The Labute approximate surface area is 125 Å². The van der Waals surface area contributed by atoms with E-state index in [1.807, 2.05) is 16.9 Å². The Morgan fingerprint density at radius 2 is 1.80 bits per heavy atom. The van der Waals surface area contributed by atoms with Crippen molar-refractivity contribution in [3.8, 4) is 11.1 Å². The molecule has 1 aliphatic rings. The molecule has 0 fully saturated rings. The van der Waals surface area contributed by atoms with Crippen LogP contribution in [0.25, 0.3) is 16.8 Å². The summed E-state index contributed by atoms with van der Waals surface area (Å²) in [6.45, 7) is 0. The fourth-order valence-corrected chi connectivity index (χ4v) is 3.19. The van der Waals surface area contributed by atoms with Crippen LogP contribution in [-0.4, -0.2) is 14.6 Å². The molecule has 3 aromatic rings. The van der Waals surface area contributed by atoms with Crippen molar-refractivity contribution in [3.05, 3.63) is 52.4 Å². The Balaban J connectivity index is 1.92. The number of benzene rings is 1. The number of rotatable bonds is 1. The molecule has 0 amide bonds. The van der Waals surface area contributed by atoms with Crippen LogP contribution in [0.4, 0.5) is 0 Å². The molecule has 0 N–H and O–H groups in total. The van der Waals surface area contributed by atoms with Crippen LogP contribution in [0.2, 0.25) is 0 Å². The van der Waals surface area contributed by atoms with E-state index >= 15 is 0 Å². The number of nitrogens with zero attached hydrogens (tertiary/aromatic N) is 3. The van der Waals surface area contributed by atoms with Crippen molar-refractivity contribution in [2.75, 3.05) is 0 Å². The van der Waals surface area contributed by atoms with Gasteiger partial charge in [0.1, 0.15) is 0 Å². The first kappa shape index (κ1) is 12.1. The average Bonchev–Trinajstić information content (AvgIpc) is 2.92. The summed E-state index contributed by atoms with van der Waals surface area (Å²) >= 11 is 3.47. The molecule has 100 valence electrons. The van der Waals surface area contributed by atoms with Crippen LogP contribution in [-0.2, 0) is 12.8 Å². The van der Waals surface area contributed by atoms with Crippen LogP contribution in [0, 0.1) is 0 Å². The molecule has 0 saturated heterocycles. The zero-order valence-corrected chi connectivity index (χ0v) is 12.6. The van der Waals surface area contributed by atoms with Gasteiger partial charge in [-0.05, 0) is 48.9 Å². The Kier molecular flexibility index (Phi) is 2.84. The number of aryl methyl sites for hydroxylation is 2. The van der Waals surface area contributed by atoms with Gasteiger partial charge in [0, 0.05) is 21.9 Å². The van der Waals surface area contributed by atoms with Gasteiger partial charge in [-0.3, -0.25) is 0 Å². The van der Waals surface area contributed by atoms with E-state index in [4.69, 9.17) is 0 Å². The summed E-state index contributed by atoms with van der Waals surface area (Å²) in [6, 6.07) is 8.30. The zero-order chi connectivity index (χ0) is 13.5. The Morgan fingerprint density at radius 1 is 1.00 bits per heavy atom. The van der Waals surface area contributed by atoms with Crippen LogP contribution in [0.15, 0.2) is 41.1 Å². The highest BCUT2D eigenvalue weighted by Crippen LogP contribution is 2.28. The first-order valence-corrected chi connectivity index (χ1v) is 7.73. The smallest absolute Gasteiger partial charge is 0.163 e. The fourth-order valence-electron chi connectivity index (χ4n) is 2.93. The third-order valence-corrected chi connectivity index (χ3v) is 4.51. The minimum absolute atomic E-state index is 0.966. The molecule has 0 bridgehead atoms. The van der Waals surface area contributed by atoms with Gasteiger partial charge in [-0.15, -0.1) is 0 Å². The maximum atomic E-state index is 4.64. The van der Waals surface area contributed by atoms with Crippen molar-refractivity contribution in [1.82, 2.24) is 14.6 Å². The van der Waals surface area contributed by atoms with Crippen LogP contribution in [0.5, 0.6) is 0 Å². The van der Waals surface area contributed by atoms with Crippen molar-refractivity contribution in [1.29, 1.82) is 0 Å². The summed E-state index contributed by atoms with van der Waals surface area (Å²) in [5, 5.41) is 4.57. The summed E-state index contributed by atoms with van der Waals surface area (Å²) in [6.07, 6.45) is 8.72. The normalized spacial score (nSPS) is 14.4. The van der Waals surface area contributed by atoms with E-state index in [0.717, 1.165) is 34.1 Å². The molecule has 0 unspecified atom stereocenters. The predicted molar refractivity (Wildman–Crippen MR) is 82.8 cm³/mol. The molecule has 4 heteroatoms. The third-order valence-electron chi connectivity index (χ3n) is 3.98. The van der Waals surface area contributed by atoms with E-state index in [0.29, 0.717) is 0 Å². The maximum absolute atomic E-state index is 4.64. The summed E-state index contributed by atoms with van der Waals surface area (Å²) in [5.74, 6) is 0. The lowest BCUT2D eigenvalue weighted by molar-refractivity contribution is 0.640. The van der Waals surface area contributed by atoms with E-state index in [2.05, 4.69) is 50.3 Å². The standard InChI is InChI=1S/C16H14BrN3/c17-13-7-5-11(6-8-13)14-10-19-20-15-4-2-1-3-12(15)9-18-16(14)20/h5-10H,1-4H2. The molecular formula is C16H14BrN3. The predicted octanol–water partition coefficient (Wildman–Crippen LogP) is 4.04. The molecule has 0 saturated carbocycles. The highest BCUT2D eigenvalue weighted by atomic mass is 79.9. The maximum Gasteiger partial charge on any atom is 0.163 e. The summed E-state index contributed by atoms with van der Waals surface area (Å²) in [5.41, 5.74) is 5.92. The highest BCUT2D eigenvalue weighted by molar-refractivity contribution is 9.10. The zero-order valence-electron chi connectivity index (χ0n) is 11.0. The van der Waals surface area contributed by atoms with Gasteiger partial charge >= 0.3 is 0 Å². The fraction of sp³-hybridized carbons (Fsp3) is 0.250. The number of hydrogen-bond donors (Lipinski definition) is 0. The van der Waals surface area contributed by atoms with Crippen molar-refractivity contribution in [2.24, 2.45) is 0 Å². The van der Waals surface area contributed by atoms with Gasteiger partial charge in [0.15, 0.2) is 5.65 Å². The lowest BCUT2D eigenvalue weighted by atomic mass is 9.97. The van der Waals surface area contributed by atoms with E-state index in [1.165, 1.54) is 24.1 Å². The molecule has 3 nitrogen and oxygen atoms in total. The largest absolute Gasteiger partial charge is 0.236 e. The topological polar surface area (TPSA) is 30.2 Å². The highest BCUT2D eigenvalue weighted by Gasteiger charge is 2.16. The summed E-state index contributed by atoms with van der Waals surface area (Å²) < 4.78 is 3.12. The lowest BCUT2D eigenvalue weighted by Crippen LogP contribution is -2.10.